The summed E-state index contributed by atoms with van der Waals surface area (Å²) in [4.78, 5) is 35.0. The van der Waals surface area contributed by atoms with Crippen LogP contribution in [-0.2, 0) is 32.7 Å². The van der Waals surface area contributed by atoms with Crippen LogP contribution in [0.3, 0.4) is 0 Å². The van der Waals surface area contributed by atoms with Crippen LogP contribution in [0.5, 0.6) is 0 Å². The molecule has 2 unspecified atom stereocenters. The van der Waals surface area contributed by atoms with Gasteiger partial charge in [-0.3, -0.25) is 18.6 Å². The summed E-state index contributed by atoms with van der Waals surface area (Å²) in [5.74, 6) is -0.838. The third-order valence-corrected chi connectivity index (χ3v) is 10.9. The zero-order chi connectivity index (χ0) is 43.2. The van der Waals surface area contributed by atoms with E-state index in [0.29, 0.717) is 6.42 Å². The number of phosphoric acid groups is 1. The topological polar surface area (TPSA) is 134 Å². The summed E-state index contributed by atoms with van der Waals surface area (Å²) < 4.78 is 32.9. The molecule has 342 valence electrons. The monoisotopic (exact) mass is 850 g/mol. The zero-order valence-corrected chi connectivity index (χ0v) is 38.6. The lowest BCUT2D eigenvalue weighted by atomic mass is 10.0. The van der Waals surface area contributed by atoms with E-state index in [1.807, 2.05) is 0 Å². The van der Waals surface area contributed by atoms with Gasteiger partial charge in [0.15, 0.2) is 6.10 Å². The second-order valence-corrected chi connectivity index (χ2v) is 17.1. The molecule has 0 aliphatic heterocycles. The number of hydrogen-bond donors (Lipinski definition) is 2. The molecule has 0 aliphatic carbocycles. The van der Waals surface area contributed by atoms with E-state index in [9.17, 15) is 19.0 Å². The summed E-state index contributed by atoms with van der Waals surface area (Å²) in [6.45, 7) is 3.62. The van der Waals surface area contributed by atoms with E-state index < -0.39 is 26.5 Å². The maximum Gasteiger partial charge on any atom is 0.472 e. The molecule has 9 nitrogen and oxygen atoms in total. The van der Waals surface area contributed by atoms with E-state index in [1.165, 1.54) is 96.3 Å². The molecule has 0 aliphatic rings. The molecule has 0 bridgehead atoms. The van der Waals surface area contributed by atoms with E-state index in [1.54, 1.807) is 0 Å². The maximum absolute atomic E-state index is 12.6. The van der Waals surface area contributed by atoms with E-state index in [4.69, 9.17) is 24.3 Å². The van der Waals surface area contributed by atoms with E-state index in [2.05, 4.69) is 74.6 Å². The molecule has 0 radical (unpaired) electrons. The largest absolute Gasteiger partial charge is 0.472 e. The molecular formula is C49H88NO8P. The average molecular weight is 850 g/mol. The van der Waals surface area contributed by atoms with Crippen molar-refractivity contribution in [3.63, 3.8) is 0 Å². The Morgan fingerprint density at radius 1 is 0.525 bits per heavy atom. The molecule has 0 fully saturated rings. The Labute approximate surface area is 361 Å². The van der Waals surface area contributed by atoms with Gasteiger partial charge in [-0.1, -0.05) is 197 Å². The number of carbonyl (C=O) groups is 2. The van der Waals surface area contributed by atoms with Crippen LogP contribution in [0.4, 0.5) is 0 Å². The van der Waals surface area contributed by atoms with Crippen molar-refractivity contribution in [3.05, 3.63) is 60.8 Å². The Morgan fingerprint density at radius 2 is 0.932 bits per heavy atom. The van der Waals surface area contributed by atoms with Gasteiger partial charge in [0.2, 0.25) is 0 Å². The highest BCUT2D eigenvalue weighted by Crippen LogP contribution is 2.43. The first-order valence-corrected chi connectivity index (χ1v) is 25.3. The lowest BCUT2D eigenvalue weighted by molar-refractivity contribution is -0.161. The Hall–Kier alpha value is -2.29. The average Bonchev–Trinajstić information content (AvgIpc) is 3.22. The minimum absolute atomic E-state index is 0.0499. The van der Waals surface area contributed by atoms with Crippen molar-refractivity contribution < 1.29 is 37.6 Å². The SMILES string of the molecule is CC/C=C\C/C=C\C/C=C\C/C=C\C/C=C\CCCCCCCCCC(=O)OC(COC(=O)CCCCCCCCCCCCCCCCC)COP(=O)(O)OCCN. The normalized spacial score (nSPS) is 13.8. The van der Waals surface area contributed by atoms with Gasteiger partial charge in [-0.15, -0.1) is 0 Å². The molecule has 0 aromatic carbocycles. The number of carbonyl (C=O) groups excluding carboxylic acids is 2. The molecule has 0 saturated heterocycles. The van der Waals surface area contributed by atoms with Crippen molar-refractivity contribution in [1.82, 2.24) is 0 Å². The molecule has 2 atom stereocenters. The van der Waals surface area contributed by atoms with Gasteiger partial charge in [0.25, 0.3) is 0 Å². The minimum Gasteiger partial charge on any atom is -0.462 e. The zero-order valence-electron chi connectivity index (χ0n) is 37.7. The third kappa shape index (κ3) is 45.1. The van der Waals surface area contributed by atoms with Crippen LogP contribution >= 0.6 is 7.82 Å². The van der Waals surface area contributed by atoms with E-state index in [-0.39, 0.29) is 38.6 Å². The molecular weight excluding hydrogens is 762 g/mol. The van der Waals surface area contributed by atoms with Gasteiger partial charge in [-0.05, 0) is 57.8 Å². The van der Waals surface area contributed by atoms with Crippen LogP contribution in [0.15, 0.2) is 60.8 Å². The number of rotatable bonds is 44. The first kappa shape index (κ1) is 56.7. The fourth-order valence-corrected chi connectivity index (χ4v) is 7.19. The van der Waals surface area contributed by atoms with Crippen molar-refractivity contribution >= 4 is 19.8 Å². The molecule has 59 heavy (non-hydrogen) atoms. The van der Waals surface area contributed by atoms with Gasteiger partial charge >= 0.3 is 19.8 Å². The van der Waals surface area contributed by atoms with Crippen LogP contribution in [0, 0.1) is 0 Å². The standard InChI is InChI=1S/C49H88NO8P/c1-3-5-7-9-11-13-15-17-19-20-21-22-23-24-25-26-28-30-32-34-36-38-40-42-49(52)58-47(46-57-59(53,54)56-44-43-50)45-55-48(51)41-39-37-35-33-31-29-27-18-16-14-12-10-8-6-4-2/h5,7,11,13,17,19,21-22,24-25,47H,3-4,6,8-10,12,14-16,18,20,23,26-46,50H2,1-2H3,(H,53,54)/b7-5-,13-11-,19-17-,22-21-,25-24-. The number of esters is 2. The van der Waals surface area contributed by atoms with Crippen LogP contribution in [0.1, 0.15) is 206 Å². The Morgan fingerprint density at radius 3 is 1.39 bits per heavy atom. The molecule has 0 amide bonds. The van der Waals surface area contributed by atoms with Crippen LogP contribution in [0.25, 0.3) is 0 Å². The van der Waals surface area contributed by atoms with Gasteiger partial charge in [-0.25, -0.2) is 4.57 Å². The predicted molar refractivity (Wildman–Crippen MR) is 247 cm³/mol. The summed E-state index contributed by atoms with van der Waals surface area (Å²) in [6, 6.07) is 0. The predicted octanol–water partition coefficient (Wildman–Crippen LogP) is 14.1. The summed E-state index contributed by atoms with van der Waals surface area (Å²) in [5, 5.41) is 0. The highest BCUT2D eigenvalue weighted by Gasteiger charge is 2.26. The second kappa shape index (κ2) is 45.2. The molecule has 0 spiro atoms. The molecule has 0 heterocycles. The summed E-state index contributed by atoms with van der Waals surface area (Å²) in [5.41, 5.74) is 5.36. The first-order chi connectivity index (χ1) is 28.8. The van der Waals surface area contributed by atoms with Crippen LogP contribution < -0.4 is 5.73 Å². The van der Waals surface area contributed by atoms with Crippen LogP contribution in [0.2, 0.25) is 0 Å². The lowest BCUT2D eigenvalue weighted by Crippen LogP contribution is -2.29. The van der Waals surface area contributed by atoms with Gasteiger partial charge in [0.05, 0.1) is 13.2 Å². The Kier molecular flexibility index (Phi) is 43.5. The highest BCUT2D eigenvalue weighted by molar-refractivity contribution is 7.47. The smallest absolute Gasteiger partial charge is 0.462 e. The molecule has 0 saturated carbocycles. The third-order valence-electron chi connectivity index (χ3n) is 9.92. The summed E-state index contributed by atoms with van der Waals surface area (Å²) >= 11 is 0. The number of nitrogens with two attached hydrogens (primary N) is 1. The van der Waals surface area contributed by atoms with Gasteiger partial charge in [-0.2, -0.15) is 0 Å². The Bertz CT molecular complexity index is 1150. The maximum atomic E-state index is 12.6. The van der Waals surface area contributed by atoms with Gasteiger partial charge in [0.1, 0.15) is 6.61 Å². The number of allylic oxidation sites excluding steroid dienone is 10. The fraction of sp³-hybridized carbons (Fsp3) is 0.755. The number of unbranched alkanes of at least 4 members (excludes halogenated alkanes) is 21. The summed E-state index contributed by atoms with van der Waals surface area (Å²) in [7, 11) is -4.38. The first-order valence-electron chi connectivity index (χ1n) is 23.8. The Balaban J connectivity index is 4.11. The number of ether oxygens (including phenoxy) is 2. The highest BCUT2D eigenvalue weighted by atomic mass is 31.2. The van der Waals surface area contributed by atoms with E-state index in [0.717, 1.165) is 77.0 Å². The van der Waals surface area contributed by atoms with Crippen molar-refractivity contribution in [2.24, 2.45) is 5.73 Å². The number of hydrogen-bond acceptors (Lipinski definition) is 8. The molecule has 0 rings (SSSR count). The lowest BCUT2D eigenvalue weighted by Gasteiger charge is -2.19. The van der Waals surface area contributed by atoms with Crippen molar-refractivity contribution in [3.8, 4) is 0 Å². The van der Waals surface area contributed by atoms with Crippen molar-refractivity contribution in [2.75, 3.05) is 26.4 Å². The fourth-order valence-electron chi connectivity index (χ4n) is 6.43. The molecule has 0 aromatic heterocycles. The van der Waals surface area contributed by atoms with Crippen LogP contribution in [-0.4, -0.2) is 49.3 Å². The van der Waals surface area contributed by atoms with Gasteiger partial charge < -0.3 is 20.1 Å². The van der Waals surface area contributed by atoms with Gasteiger partial charge in [0, 0.05) is 19.4 Å². The molecule has 0 aromatic rings. The minimum atomic E-state index is -4.38. The molecule has 3 N–H and O–H groups in total. The number of phosphoric ester groups is 1. The molecule has 10 heteroatoms. The second-order valence-electron chi connectivity index (χ2n) is 15.6. The quantitative estimate of drug-likeness (QED) is 0.0266. The van der Waals surface area contributed by atoms with Crippen molar-refractivity contribution in [2.45, 2.75) is 213 Å². The summed E-state index contributed by atoms with van der Waals surface area (Å²) in [6.07, 6.45) is 53.9. The van der Waals surface area contributed by atoms with Crippen molar-refractivity contribution in [1.29, 1.82) is 0 Å². The van der Waals surface area contributed by atoms with E-state index >= 15 is 0 Å².